The van der Waals surface area contributed by atoms with E-state index in [9.17, 15) is 61.0 Å². The minimum Gasteiger partial charge on any atom is -0.394 e. The summed E-state index contributed by atoms with van der Waals surface area (Å²) in [4.78, 5) is 13.5. The molecular weight excluding hydrogens is 1380 g/mol. The number of aliphatic hydroxyl groups excluding tert-OH is 11. The Labute approximate surface area is 665 Å². The predicted molar refractivity (Wildman–Crippen MR) is 439 cm³/mol. The van der Waals surface area contributed by atoms with Gasteiger partial charge in [0, 0.05) is 6.42 Å². The summed E-state index contributed by atoms with van der Waals surface area (Å²) in [5, 5.41) is 121. The van der Waals surface area contributed by atoms with Crippen LogP contribution in [0.15, 0.2) is 12.2 Å². The molecule has 0 aromatic heterocycles. The Hall–Kier alpha value is -1.47. The van der Waals surface area contributed by atoms with Crippen LogP contribution < -0.4 is 5.32 Å². The van der Waals surface area contributed by atoms with Gasteiger partial charge in [-0.05, 0) is 19.3 Å². The van der Waals surface area contributed by atoms with E-state index in [2.05, 4.69) is 19.2 Å². The standard InChI is InChI=1S/C90H173NO18/c1-3-5-7-9-11-13-15-17-19-21-23-25-27-29-31-33-35-36-38-39-41-43-45-47-49-51-53-55-57-59-61-63-65-67-74(95)73(91-78(96)68-66-64-62-60-58-56-54-52-50-48-46-44-42-40-37-34-32-30-28-26-24-22-20-18-16-14-12-10-8-6-4-2)72-104-88-84(102)81(99)86(76(70-93)106-88)109-90-85(103)82(100)87(77(71-94)107-90)108-89-83(101)80(98)79(97)75(69-92)105-89/h65,67,73-77,79-90,92-95,97-103H,3-64,66,68-72H2,1-2H3,(H,91,96)/b67-65+. The number of carbonyl (C=O) groups excluding carboxylic acids is 1. The fraction of sp³-hybridized carbons (Fsp3) is 0.967. The molecule has 0 aromatic carbocycles. The van der Waals surface area contributed by atoms with Crippen LogP contribution in [0.25, 0.3) is 0 Å². The second-order valence-electron chi connectivity index (χ2n) is 33.5. The van der Waals surface area contributed by atoms with E-state index in [1.165, 1.54) is 353 Å². The molecule has 3 aliphatic heterocycles. The Bertz CT molecular complexity index is 2010. The van der Waals surface area contributed by atoms with Gasteiger partial charge < -0.3 is 89.9 Å². The van der Waals surface area contributed by atoms with Crippen molar-refractivity contribution in [3.8, 4) is 0 Å². The highest BCUT2D eigenvalue weighted by Gasteiger charge is 2.54. The molecule has 1 amide bonds. The highest BCUT2D eigenvalue weighted by Crippen LogP contribution is 2.34. The predicted octanol–water partition coefficient (Wildman–Crippen LogP) is 17.9. The molecule has 12 N–H and O–H groups in total. The van der Waals surface area contributed by atoms with Gasteiger partial charge in [0.1, 0.15) is 73.2 Å². The van der Waals surface area contributed by atoms with Gasteiger partial charge in [-0.2, -0.15) is 0 Å². The highest BCUT2D eigenvalue weighted by atomic mass is 16.8. The van der Waals surface area contributed by atoms with Gasteiger partial charge in [-0.3, -0.25) is 4.79 Å². The molecule has 646 valence electrons. The molecule has 19 heteroatoms. The minimum atomic E-state index is -1.98. The molecule has 0 spiro atoms. The molecule has 19 nitrogen and oxygen atoms in total. The lowest BCUT2D eigenvalue weighted by Crippen LogP contribution is -2.66. The van der Waals surface area contributed by atoms with Crippen molar-refractivity contribution in [2.45, 2.75) is 529 Å². The summed E-state index contributed by atoms with van der Waals surface area (Å²) in [6, 6.07) is -0.971. The third kappa shape index (κ3) is 49.4. The van der Waals surface area contributed by atoms with Gasteiger partial charge in [0.05, 0.1) is 38.6 Å². The largest absolute Gasteiger partial charge is 0.394 e. The van der Waals surface area contributed by atoms with Crippen molar-refractivity contribution in [2.75, 3.05) is 26.4 Å². The van der Waals surface area contributed by atoms with E-state index in [4.69, 9.17) is 28.4 Å². The summed E-state index contributed by atoms with van der Waals surface area (Å²) in [5.74, 6) is -0.264. The van der Waals surface area contributed by atoms with Crippen molar-refractivity contribution in [1.82, 2.24) is 5.32 Å². The number of hydrogen-bond donors (Lipinski definition) is 12. The molecule has 3 saturated heterocycles. The summed E-state index contributed by atoms with van der Waals surface area (Å²) in [6.45, 7) is 1.83. The molecule has 3 fully saturated rings. The number of allylic oxidation sites excluding steroid dienone is 1. The summed E-state index contributed by atoms with van der Waals surface area (Å²) >= 11 is 0. The monoisotopic (exact) mass is 1560 g/mol. The minimum absolute atomic E-state index is 0.251. The van der Waals surface area contributed by atoms with Gasteiger partial charge in [0.25, 0.3) is 0 Å². The molecule has 0 aliphatic carbocycles. The van der Waals surface area contributed by atoms with E-state index < -0.39 is 124 Å². The molecule has 0 saturated carbocycles. The highest BCUT2D eigenvalue weighted by molar-refractivity contribution is 5.76. The molecule has 3 rings (SSSR count). The first-order chi connectivity index (χ1) is 53.3. The van der Waals surface area contributed by atoms with Crippen LogP contribution in [-0.2, 0) is 33.2 Å². The van der Waals surface area contributed by atoms with Crippen LogP contribution in [0, 0.1) is 0 Å². The number of ether oxygens (including phenoxy) is 6. The van der Waals surface area contributed by atoms with Gasteiger partial charge in [0.2, 0.25) is 5.91 Å². The Morgan fingerprint density at radius 2 is 0.569 bits per heavy atom. The number of hydrogen-bond acceptors (Lipinski definition) is 18. The maximum atomic E-state index is 13.5. The van der Waals surface area contributed by atoms with E-state index in [0.29, 0.717) is 6.42 Å². The molecule has 17 atom stereocenters. The van der Waals surface area contributed by atoms with Gasteiger partial charge in [-0.1, -0.05) is 411 Å². The number of carbonyl (C=O) groups is 1. The van der Waals surface area contributed by atoms with E-state index >= 15 is 0 Å². The van der Waals surface area contributed by atoms with Crippen LogP contribution in [-0.4, -0.2) is 193 Å². The normalized spacial score (nSPS) is 25.2. The van der Waals surface area contributed by atoms with E-state index in [1.54, 1.807) is 6.08 Å². The van der Waals surface area contributed by atoms with Crippen LogP contribution in [0.2, 0.25) is 0 Å². The van der Waals surface area contributed by atoms with Crippen LogP contribution in [0.5, 0.6) is 0 Å². The second kappa shape index (κ2) is 70.7. The first-order valence-electron chi connectivity index (χ1n) is 46.4. The van der Waals surface area contributed by atoms with Crippen molar-refractivity contribution >= 4 is 5.91 Å². The topological polar surface area (TPSA) is 307 Å². The van der Waals surface area contributed by atoms with Crippen LogP contribution in [0.4, 0.5) is 0 Å². The van der Waals surface area contributed by atoms with Crippen molar-refractivity contribution in [1.29, 1.82) is 0 Å². The lowest BCUT2D eigenvalue weighted by Gasteiger charge is -2.48. The molecule has 0 bridgehead atoms. The Balaban J connectivity index is 1.32. The summed E-state index contributed by atoms with van der Waals surface area (Å²) in [7, 11) is 0. The maximum absolute atomic E-state index is 13.5. The molecule has 17 unspecified atom stereocenters. The SMILES string of the molecule is CCCCCCCCCCCCCCCCCCCCCCCCCCCCCCCCC/C=C/C(O)C(COC1OC(CO)C(OC2OC(CO)C(OC3OC(CO)C(O)C(O)C3O)C(O)C2O)C(O)C1O)NC(=O)CCCCCCCCCCCCCCCCCCCCCCCCCCCCCCCCC. The number of amides is 1. The quantitative estimate of drug-likeness (QED) is 0.0199. The second-order valence-corrected chi connectivity index (χ2v) is 33.5. The maximum Gasteiger partial charge on any atom is 0.220 e. The van der Waals surface area contributed by atoms with Gasteiger partial charge >= 0.3 is 0 Å². The zero-order chi connectivity index (χ0) is 78.8. The first kappa shape index (κ1) is 102. The zero-order valence-corrected chi connectivity index (χ0v) is 69.8. The van der Waals surface area contributed by atoms with E-state index in [0.717, 1.165) is 44.9 Å². The lowest BCUT2D eigenvalue weighted by molar-refractivity contribution is -0.379. The molecule has 0 aromatic rings. The smallest absolute Gasteiger partial charge is 0.220 e. The van der Waals surface area contributed by atoms with Crippen LogP contribution in [0.3, 0.4) is 0 Å². The first-order valence-corrected chi connectivity index (χ1v) is 46.4. The van der Waals surface area contributed by atoms with E-state index in [-0.39, 0.29) is 18.9 Å². The molecule has 0 radical (unpaired) electrons. The van der Waals surface area contributed by atoms with Gasteiger partial charge in [0.15, 0.2) is 18.9 Å². The van der Waals surface area contributed by atoms with Crippen LogP contribution >= 0.6 is 0 Å². The van der Waals surface area contributed by atoms with Crippen molar-refractivity contribution in [3.05, 3.63) is 12.2 Å². The summed E-state index contributed by atoms with van der Waals surface area (Å²) < 4.78 is 34.6. The third-order valence-electron chi connectivity index (χ3n) is 23.6. The van der Waals surface area contributed by atoms with Crippen molar-refractivity contribution < 1.29 is 89.4 Å². The number of aliphatic hydroxyl groups is 11. The van der Waals surface area contributed by atoms with Crippen LogP contribution in [0.1, 0.15) is 425 Å². The lowest BCUT2D eigenvalue weighted by atomic mass is 9.96. The molecule has 3 heterocycles. The Kier molecular flexibility index (Phi) is 66.0. The fourth-order valence-corrected chi connectivity index (χ4v) is 16.2. The van der Waals surface area contributed by atoms with Crippen molar-refractivity contribution in [2.24, 2.45) is 0 Å². The number of unbranched alkanes of at least 4 members (excludes halogenated alkanes) is 61. The fourth-order valence-electron chi connectivity index (χ4n) is 16.2. The van der Waals surface area contributed by atoms with Crippen molar-refractivity contribution in [3.63, 3.8) is 0 Å². The van der Waals surface area contributed by atoms with E-state index in [1.807, 2.05) is 6.08 Å². The molecule has 109 heavy (non-hydrogen) atoms. The van der Waals surface area contributed by atoms with Gasteiger partial charge in [-0.25, -0.2) is 0 Å². The van der Waals surface area contributed by atoms with Gasteiger partial charge in [-0.15, -0.1) is 0 Å². The average molecular weight is 1560 g/mol. The zero-order valence-electron chi connectivity index (χ0n) is 69.8. The average Bonchev–Trinajstić information content (AvgIpc) is 0.825. The third-order valence-corrected chi connectivity index (χ3v) is 23.6. The summed E-state index contributed by atoms with van der Waals surface area (Å²) in [6.07, 6.45) is 60.9. The Morgan fingerprint density at radius 3 is 0.862 bits per heavy atom. The molecule has 3 aliphatic rings. The number of nitrogens with one attached hydrogen (secondary N) is 1. The Morgan fingerprint density at radius 1 is 0.321 bits per heavy atom. The molecular formula is C90H173NO18. The number of rotatable bonds is 77. The summed E-state index contributed by atoms with van der Waals surface area (Å²) in [5.41, 5.74) is 0.